The van der Waals surface area contributed by atoms with E-state index in [1.54, 1.807) is 48.5 Å². The lowest BCUT2D eigenvalue weighted by Gasteiger charge is -2.23. The van der Waals surface area contributed by atoms with Gasteiger partial charge in [0.1, 0.15) is 17.6 Å². The Morgan fingerprint density at radius 2 is 1.94 bits per heavy atom. The maximum Gasteiger partial charge on any atom is 0.301 e. The zero-order valence-corrected chi connectivity index (χ0v) is 28.9. The van der Waals surface area contributed by atoms with Crippen molar-refractivity contribution in [1.29, 1.82) is 0 Å². The third-order valence-corrected chi connectivity index (χ3v) is 10.5. The van der Waals surface area contributed by atoms with Crippen LogP contribution in [0.5, 0.6) is 17.2 Å². The van der Waals surface area contributed by atoms with Crippen molar-refractivity contribution >= 4 is 68.9 Å². The highest BCUT2D eigenvalue weighted by atomic mass is 35.5. The van der Waals surface area contributed by atoms with Crippen LogP contribution in [0.25, 0.3) is 5.76 Å². The van der Waals surface area contributed by atoms with E-state index in [0.717, 1.165) is 41.1 Å². The van der Waals surface area contributed by atoms with E-state index in [-0.39, 0.29) is 22.6 Å². The fraction of sp³-hybridized carbons (Fsp3) is 0.294. The first kappa shape index (κ1) is 33.1. The summed E-state index contributed by atoms with van der Waals surface area (Å²) in [5, 5.41) is 21.6. The number of hydrogen-bond acceptors (Lipinski definition) is 10. The third-order valence-electron chi connectivity index (χ3n) is 7.84. The number of aliphatic hydroxyl groups excluding tert-OH is 1. The molecule has 3 heterocycles. The van der Waals surface area contributed by atoms with Gasteiger partial charge in [0.05, 0.1) is 25.3 Å². The highest BCUT2D eigenvalue weighted by Crippen LogP contribution is 2.46. The maximum absolute atomic E-state index is 13.8. The normalized spacial score (nSPS) is 18.4. The topological polar surface area (TPSA) is 111 Å². The summed E-state index contributed by atoms with van der Waals surface area (Å²) in [7, 11) is 1.53. The molecule has 1 amide bonds. The summed E-state index contributed by atoms with van der Waals surface area (Å²) in [6.07, 6.45) is 2.51. The number of Topliss-reactive ketones (excluding diaryl/α,β-unsaturated/α-hetero) is 1. The van der Waals surface area contributed by atoms with Gasteiger partial charge in [-0.1, -0.05) is 71.8 Å². The number of methoxy groups -OCH3 is 1. The monoisotopic (exact) mass is 711 g/mol. The number of anilines is 1. The van der Waals surface area contributed by atoms with Crippen molar-refractivity contribution in [2.45, 2.75) is 55.3 Å². The number of carbonyl (C=O) groups is 2. The number of rotatable bonds is 11. The molecule has 4 aromatic rings. The molecule has 47 heavy (non-hydrogen) atoms. The summed E-state index contributed by atoms with van der Waals surface area (Å²) in [5.74, 6) is 0.225. The predicted molar refractivity (Wildman–Crippen MR) is 184 cm³/mol. The molecule has 0 bridgehead atoms. The molecule has 2 aliphatic heterocycles. The second-order valence-corrected chi connectivity index (χ2v) is 14.1. The Bertz CT molecular complexity index is 1880. The summed E-state index contributed by atoms with van der Waals surface area (Å²) in [5.41, 5.74) is 2.64. The molecule has 3 aromatic carbocycles. The number of amides is 1. The summed E-state index contributed by atoms with van der Waals surface area (Å²) < 4.78 is 18.0. The van der Waals surface area contributed by atoms with Gasteiger partial charge in [-0.15, -0.1) is 10.2 Å². The summed E-state index contributed by atoms with van der Waals surface area (Å²) in [4.78, 5) is 28.9. The Kier molecular flexibility index (Phi) is 9.98. The number of aromatic nitrogens is 2. The number of aliphatic hydroxyl groups is 1. The average Bonchev–Trinajstić information content (AvgIpc) is 3.75. The summed E-state index contributed by atoms with van der Waals surface area (Å²) in [6, 6.07) is 14.7. The number of unbranched alkanes of at least 4 members (excludes halogenated alkanes) is 1. The highest BCUT2D eigenvalue weighted by molar-refractivity contribution is 8.00. The van der Waals surface area contributed by atoms with E-state index in [0.29, 0.717) is 55.8 Å². The van der Waals surface area contributed by atoms with Crippen LogP contribution in [0.4, 0.5) is 5.13 Å². The average molecular weight is 713 g/mol. The van der Waals surface area contributed by atoms with Gasteiger partial charge in [-0.3, -0.25) is 14.5 Å². The Morgan fingerprint density at radius 1 is 1.11 bits per heavy atom. The minimum Gasteiger partial charge on any atom is -0.507 e. The van der Waals surface area contributed by atoms with Crippen LogP contribution in [0.1, 0.15) is 55.0 Å². The summed E-state index contributed by atoms with van der Waals surface area (Å²) >= 11 is 15.0. The third kappa shape index (κ3) is 6.80. The Balaban J connectivity index is 1.40. The summed E-state index contributed by atoms with van der Waals surface area (Å²) in [6.45, 7) is 4.55. The first-order valence-electron chi connectivity index (χ1n) is 15.0. The molecule has 1 N–H and O–H groups in total. The van der Waals surface area contributed by atoms with Gasteiger partial charge < -0.3 is 19.3 Å². The lowest BCUT2D eigenvalue weighted by atomic mass is 9.94. The van der Waals surface area contributed by atoms with Gasteiger partial charge in [-0.25, -0.2) is 0 Å². The van der Waals surface area contributed by atoms with E-state index in [2.05, 4.69) is 17.1 Å². The minimum absolute atomic E-state index is 0.00122. The van der Waals surface area contributed by atoms with Gasteiger partial charge in [0.25, 0.3) is 5.78 Å². The van der Waals surface area contributed by atoms with Crippen LogP contribution in [0.3, 0.4) is 0 Å². The van der Waals surface area contributed by atoms with Gasteiger partial charge in [0.15, 0.2) is 15.8 Å². The standard InChI is InChI=1S/C34H31Cl2N3O6S2/c1-4-5-12-44-26-11-7-19(15-27(26)43-3)29-28(30(40)20-8-10-25-22(14-20)13-18(2)45-25)31(41)32(42)39(29)33-37-38-34(47-33)46-17-21-6-9-23(35)16-24(21)36/h6-11,14-16,18,29,40H,4-5,12-13,17H2,1-3H3/b30-28+. The SMILES string of the molecule is CCCCOc1ccc(C2/C(=C(\O)c3ccc4c(c3)CC(C)O4)C(=O)C(=O)N2c2nnc(SCc3ccc(Cl)cc3Cl)s2)cc1OC. The van der Waals surface area contributed by atoms with E-state index in [1.165, 1.54) is 23.8 Å². The first-order valence-corrected chi connectivity index (χ1v) is 17.6. The lowest BCUT2D eigenvalue weighted by molar-refractivity contribution is -0.132. The van der Waals surface area contributed by atoms with Crippen LogP contribution in [0.2, 0.25) is 10.0 Å². The van der Waals surface area contributed by atoms with Crippen LogP contribution in [0.15, 0.2) is 64.5 Å². The fourth-order valence-corrected chi connectivity index (χ4v) is 7.93. The highest BCUT2D eigenvalue weighted by Gasteiger charge is 2.48. The molecule has 0 spiro atoms. The number of ketones is 1. The van der Waals surface area contributed by atoms with Crippen LogP contribution < -0.4 is 19.1 Å². The van der Waals surface area contributed by atoms with Gasteiger partial charge in [0, 0.05) is 27.8 Å². The van der Waals surface area contributed by atoms with E-state index >= 15 is 0 Å². The van der Waals surface area contributed by atoms with Gasteiger partial charge in [0.2, 0.25) is 5.13 Å². The molecular weight excluding hydrogens is 681 g/mol. The lowest BCUT2D eigenvalue weighted by Crippen LogP contribution is -2.29. The minimum atomic E-state index is -1.02. The van der Waals surface area contributed by atoms with Crippen molar-refractivity contribution in [3.8, 4) is 17.2 Å². The molecule has 0 aliphatic carbocycles. The largest absolute Gasteiger partial charge is 0.507 e. The zero-order chi connectivity index (χ0) is 33.2. The van der Waals surface area contributed by atoms with E-state index in [4.69, 9.17) is 37.4 Å². The molecular formula is C34H31Cl2N3O6S2. The number of halogens is 2. The molecule has 244 valence electrons. The van der Waals surface area contributed by atoms with Crippen LogP contribution >= 0.6 is 46.3 Å². The van der Waals surface area contributed by atoms with Crippen molar-refractivity contribution in [3.05, 3.63) is 92.5 Å². The van der Waals surface area contributed by atoms with Crippen molar-refractivity contribution < 1.29 is 28.9 Å². The molecule has 2 atom stereocenters. The molecule has 2 aliphatic rings. The van der Waals surface area contributed by atoms with Gasteiger partial charge >= 0.3 is 5.91 Å². The molecule has 2 unspecified atom stereocenters. The van der Waals surface area contributed by atoms with Crippen LogP contribution in [0, 0.1) is 0 Å². The number of carbonyl (C=O) groups excluding carboxylic acids is 2. The van der Waals surface area contributed by atoms with Gasteiger partial charge in [-0.2, -0.15) is 0 Å². The van der Waals surface area contributed by atoms with Crippen LogP contribution in [-0.4, -0.2) is 46.8 Å². The molecule has 0 radical (unpaired) electrons. The number of ether oxygens (including phenoxy) is 3. The number of hydrogen-bond donors (Lipinski definition) is 1. The number of thioether (sulfide) groups is 1. The number of benzene rings is 3. The smallest absolute Gasteiger partial charge is 0.301 e. The second-order valence-electron chi connectivity index (χ2n) is 11.1. The Hall–Kier alpha value is -3.77. The quantitative estimate of drug-likeness (QED) is 0.0410. The Morgan fingerprint density at radius 3 is 2.70 bits per heavy atom. The molecule has 0 saturated carbocycles. The van der Waals surface area contributed by atoms with E-state index < -0.39 is 17.7 Å². The first-order chi connectivity index (χ1) is 22.7. The zero-order valence-electron chi connectivity index (χ0n) is 25.8. The fourth-order valence-electron chi connectivity index (χ4n) is 5.51. The van der Waals surface area contributed by atoms with Crippen molar-refractivity contribution in [1.82, 2.24) is 10.2 Å². The molecule has 1 fully saturated rings. The maximum atomic E-state index is 13.8. The Labute approximate surface area is 290 Å². The molecule has 6 rings (SSSR count). The van der Waals surface area contributed by atoms with Crippen molar-refractivity contribution in [2.24, 2.45) is 0 Å². The second kappa shape index (κ2) is 14.1. The van der Waals surface area contributed by atoms with Crippen molar-refractivity contribution in [3.63, 3.8) is 0 Å². The molecule has 9 nitrogen and oxygen atoms in total. The molecule has 13 heteroatoms. The van der Waals surface area contributed by atoms with Gasteiger partial charge in [-0.05, 0) is 72.5 Å². The molecule has 1 saturated heterocycles. The van der Waals surface area contributed by atoms with Crippen LogP contribution in [-0.2, 0) is 21.8 Å². The number of fused-ring (bicyclic) bond motifs is 1. The van der Waals surface area contributed by atoms with Crippen molar-refractivity contribution in [2.75, 3.05) is 18.6 Å². The predicted octanol–water partition coefficient (Wildman–Crippen LogP) is 8.27. The van der Waals surface area contributed by atoms with E-state index in [1.807, 2.05) is 13.0 Å². The number of nitrogens with zero attached hydrogens (tertiary/aromatic N) is 3. The molecule has 1 aromatic heterocycles. The van der Waals surface area contributed by atoms with E-state index in [9.17, 15) is 14.7 Å².